The summed E-state index contributed by atoms with van der Waals surface area (Å²) in [7, 11) is -3.38. The molecule has 2 aromatic heterocycles. The van der Waals surface area contributed by atoms with Crippen molar-refractivity contribution < 1.29 is 13.2 Å². The predicted octanol–water partition coefficient (Wildman–Crippen LogP) is 2.64. The third-order valence-electron chi connectivity index (χ3n) is 3.30. The molecule has 2 heterocycles. The topological polar surface area (TPSA) is 80.5 Å². The Hall–Kier alpha value is -2.38. The van der Waals surface area contributed by atoms with Gasteiger partial charge in [0.05, 0.1) is 32.9 Å². The maximum absolute atomic E-state index is 12.4. The summed E-state index contributed by atoms with van der Waals surface area (Å²) in [6.45, 7) is 0. The number of benzene rings is 1. The van der Waals surface area contributed by atoms with Gasteiger partial charge in [0.15, 0.2) is 9.84 Å². The van der Waals surface area contributed by atoms with Gasteiger partial charge in [0.1, 0.15) is 0 Å². The molecule has 118 valence electrons. The summed E-state index contributed by atoms with van der Waals surface area (Å²) in [5, 5.41) is 6.92. The average Bonchev–Trinajstić information content (AvgIpc) is 2.95. The second-order valence-corrected chi connectivity index (χ2v) is 7.37. The molecule has 6 nitrogen and oxygen atoms in total. The number of aromatic nitrogens is 2. The quantitative estimate of drug-likeness (QED) is 0.788. The van der Waals surface area contributed by atoms with Crippen LogP contribution in [0.1, 0.15) is 10.4 Å². The number of carbonyl (C=O) groups excluding carboxylic acids is 1. The lowest BCUT2D eigenvalue weighted by atomic mass is 10.2. The highest BCUT2D eigenvalue weighted by molar-refractivity contribution is 7.90. The Morgan fingerprint density at radius 1 is 1.26 bits per heavy atom. The number of hydrogen-bond acceptors (Lipinski definition) is 4. The minimum Gasteiger partial charge on any atom is -0.320 e. The van der Waals surface area contributed by atoms with Gasteiger partial charge in [-0.3, -0.25) is 4.79 Å². The van der Waals surface area contributed by atoms with Crippen LogP contribution >= 0.6 is 11.6 Å². The zero-order valence-corrected chi connectivity index (χ0v) is 13.6. The first kappa shape index (κ1) is 15.5. The van der Waals surface area contributed by atoms with Crippen molar-refractivity contribution in [1.29, 1.82) is 0 Å². The van der Waals surface area contributed by atoms with E-state index in [1.54, 1.807) is 35.1 Å². The fraction of sp³-hybridized carbons (Fsp3) is 0.0667. The van der Waals surface area contributed by atoms with Crippen LogP contribution in [0.3, 0.4) is 0 Å². The molecule has 0 spiro atoms. The average molecular weight is 350 g/mol. The van der Waals surface area contributed by atoms with Crippen LogP contribution in [0.15, 0.2) is 53.7 Å². The van der Waals surface area contributed by atoms with E-state index in [9.17, 15) is 13.2 Å². The van der Waals surface area contributed by atoms with Crippen molar-refractivity contribution in [2.24, 2.45) is 0 Å². The first-order valence-corrected chi connectivity index (χ1v) is 8.86. The lowest BCUT2D eigenvalue weighted by Crippen LogP contribution is -2.13. The normalized spacial score (nSPS) is 11.6. The zero-order chi connectivity index (χ0) is 16.6. The lowest BCUT2D eigenvalue weighted by molar-refractivity contribution is 0.102. The van der Waals surface area contributed by atoms with Crippen molar-refractivity contribution >= 4 is 38.5 Å². The molecule has 0 saturated carbocycles. The summed E-state index contributed by atoms with van der Waals surface area (Å²) in [6.07, 6.45) is 4.47. The molecule has 0 saturated heterocycles. The van der Waals surface area contributed by atoms with E-state index >= 15 is 0 Å². The standard InChI is InChI=1S/C15H12ClN3O3S/c1-23(21,22)10-4-5-11(12(16)9-10)15(20)18-13-3-2-8-19-14(13)6-7-17-19/h2-9H,1H3,(H,18,20). The summed E-state index contributed by atoms with van der Waals surface area (Å²) >= 11 is 6.05. The van der Waals surface area contributed by atoms with Crippen LogP contribution in [0, 0.1) is 0 Å². The van der Waals surface area contributed by atoms with E-state index in [4.69, 9.17) is 11.6 Å². The van der Waals surface area contributed by atoms with Crippen molar-refractivity contribution in [2.75, 3.05) is 11.6 Å². The van der Waals surface area contributed by atoms with Gasteiger partial charge in [0.25, 0.3) is 5.91 Å². The van der Waals surface area contributed by atoms with Crippen LogP contribution in [0.25, 0.3) is 5.52 Å². The monoisotopic (exact) mass is 349 g/mol. The molecule has 0 aliphatic rings. The van der Waals surface area contributed by atoms with Crippen LogP contribution in [0.2, 0.25) is 5.02 Å². The number of hydrogen-bond donors (Lipinski definition) is 1. The number of rotatable bonds is 3. The number of carbonyl (C=O) groups is 1. The maximum Gasteiger partial charge on any atom is 0.257 e. The maximum atomic E-state index is 12.4. The fourth-order valence-corrected chi connectivity index (χ4v) is 3.14. The van der Waals surface area contributed by atoms with Crippen molar-refractivity contribution in [1.82, 2.24) is 9.61 Å². The molecule has 0 radical (unpaired) electrons. The largest absolute Gasteiger partial charge is 0.320 e. The number of halogens is 1. The molecule has 3 rings (SSSR count). The summed E-state index contributed by atoms with van der Waals surface area (Å²) in [5.74, 6) is -0.427. The Kier molecular flexibility index (Phi) is 3.83. The SMILES string of the molecule is CS(=O)(=O)c1ccc(C(=O)Nc2cccn3nccc23)c(Cl)c1. The number of anilines is 1. The third-order valence-corrected chi connectivity index (χ3v) is 4.72. The van der Waals surface area contributed by atoms with Crippen LogP contribution in [0.4, 0.5) is 5.69 Å². The molecular weight excluding hydrogens is 338 g/mol. The van der Waals surface area contributed by atoms with Gasteiger partial charge in [-0.25, -0.2) is 12.9 Å². The van der Waals surface area contributed by atoms with Gasteiger partial charge < -0.3 is 5.32 Å². The van der Waals surface area contributed by atoms with Crippen LogP contribution in [0.5, 0.6) is 0 Å². The van der Waals surface area contributed by atoms with Crippen molar-refractivity contribution in [3.63, 3.8) is 0 Å². The molecule has 1 amide bonds. The first-order chi connectivity index (χ1) is 10.9. The van der Waals surface area contributed by atoms with Gasteiger partial charge in [0.2, 0.25) is 0 Å². The van der Waals surface area contributed by atoms with E-state index in [0.717, 1.165) is 11.8 Å². The molecule has 0 fully saturated rings. The molecule has 0 aliphatic carbocycles. The van der Waals surface area contributed by atoms with Crippen molar-refractivity contribution in [2.45, 2.75) is 4.90 Å². The number of amides is 1. The van der Waals surface area contributed by atoms with Gasteiger partial charge in [-0.05, 0) is 36.4 Å². The van der Waals surface area contributed by atoms with E-state index < -0.39 is 15.7 Å². The summed E-state index contributed by atoms with van der Waals surface area (Å²) in [5.41, 5.74) is 1.52. The molecule has 23 heavy (non-hydrogen) atoms. The predicted molar refractivity (Wildman–Crippen MR) is 87.7 cm³/mol. The molecule has 3 aromatic rings. The Morgan fingerprint density at radius 2 is 2.04 bits per heavy atom. The number of fused-ring (bicyclic) bond motifs is 1. The Bertz CT molecular complexity index is 1010. The third kappa shape index (κ3) is 3.06. The molecule has 8 heteroatoms. The van der Waals surface area contributed by atoms with Gasteiger partial charge in [-0.2, -0.15) is 5.10 Å². The van der Waals surface area contributed by atoms with Gasteiger partial charge in [0, 0.05) is 12.5 Å². The molecule has 0 bridgehead atoms. The van der Waals surface area contributed by atoms with Gasteiger partial charge in [-0.15, -0.1) is 0 Å². The van der Waals surface area contributed by atoms with E-state index in [2.05, 4.69) is 10.4 Å². The zero-order valence-electron chi connectivity index (χ0n) is 12.0. The van der Waals surface area contributed by atoms with E-state index in [1.165, 1.54) is 18.2 Å². The smallest absolute Gasteiger partial charge is 0.257 e. The number of pyridine rings is 1. The van der Waals surface area contributed by atoms with Crippen LogP contribution in [-0.4, -0.2) is 30.2 Å². The Balaban J connectivity index is 1.94. The van der Waals surface area contributed by atoms with E-state index in [0.29, 0.717) is 5.69 Å². The van der Waals surface area contributed by atoms with Crippen LogP contribution in [-0.2, 0) is 9.84 Å². The first-order valence-electron chi connectivity index (χ1n) is 6.59. The molecular formula is C15H12ClN3O3S. The number of nitrogens with one attached hydrogen (secondary N) is 1. The van der Waals surface area contributed by atoms with Gasteiger partial charge >= 0.3 is 0 Å². The molecule has 0 atom stereocenters. The Morgan fingerprint density at radius 3 is 2.74 bits per heavy atom. The second kappa shape index (κ2) is 5.68. The lowest BCUT2D eigenvalue weighted by Gasteiger charge is -2.09. The molecule has 0 unspecified atom stereocenters. The molecule has 1 N–H and O–H groups in total. The summed E-state index contributed by atoms with van der Waals surface area (Å²) in [4.78, 5) is 12.5. The number of nitrogens with zero attached hydrogens (tertiary/aromatic N) is 2. The minimum atomic E-state index is -3.38. The highest BCUT2D eigenvalue weighted by Crippen LogP contribution is 2.23. The molecule has 0 aliphatic heterocycles. The molecule has 1 aromatic carbocycles. The fourth-order valence-electron chi connectivity index (χ4n) is 2.16. The highest BCUT2D eigenvalue weighted by Gasteiger charge is 2.15. The van der Waals surface area contributed by atoms with Crippen molar-refractivity contribution in [3.8, 4) is 0 Å². The van der Waals surface area contributed by atoms with Crippen LogP contribution < -0.4 is 5.32 Å². The summed E-state index contributed by atoms with van der Waals surface area (Å²) < 4.78 is 24.6. The van der Waals surface area contributed by atoms with Crippen molar-refractivity contribution in [3.05, 3.63) is 59.4 Å². The minimum absolute atomic E-state index is 0.0666. The number of sulfone groups is 1. The van der Waals surface area contributed by atoms with E-state index in [1.807, 2.05) is 0 Å². The highest BCUT2D eigenvalue weighted by atomic mass is 35.5. The summed E-state index contributed by atoms with van der Waals surface area (Å²) in [6, 6.07) is 9.28. The second-order valence-electron chi connectivity index (χ2n) is 4.95. The Labute approximate surface area is 137 Å². The van der Waals surface area contributed by atoms with Gasteiger partial charge in [-0.1, -0.05) is 11.6 Å². The van der Waals surface area contributed by atoms with E-state index in [-0.39, 0.29) is 15.5 Å².